The molecule has 0 fully saturated rings. The zero-order valence-corrected chi connectivity index (χ0v) is 7.73. The van der Waals surface area contributed by atoms with Crippen LogP contribution in [0.15, 0.2) is 0 Å². The second-order valence-corrected chi connectivity index (χ2v) is 2.65. The summed E-state index contributed by atoms with van der Waals surface area (Å²) in [6.07, 6.45) is 1.02. The van der Waals surface area contributed by atoms with Crippen LogP contribution in [0.25, 0.3) is 0 Å². The summed E-state index contributed by atoms with van der Waals surface area (Å²) in [7, 11) is 0. The Kier molecular flexibility index (Phi) is 7.79. The maximum atomic E-state index is 10.2. The molecule has 0 aromatic rings. The van der Waals surface area contributed by atoms with Gasteiger partial charge in [0.25, 0.3) is 0 Å². The van der Waals surface area contributed by atoms with E-state index in [2.05, 4.69) is 0 Å². The minimum Gasteiger partial charge on any atom is -0.481 e. The van der Waals surface area contributed by atoms with E-state index in [1.54, 1.807) is 0 Å². The van der Waals surface area contributed by atoms with Gasteiger partial charge in [0.1, 0.15) is 0 Å². The monoisotopic (exact) mass is 181 g/mol. The number of carboxylic acids is 1. The van der Waals surface area contributed by atoms with Crippen molar-refractivity contribution in [2.24, 2.45) is 11.7 Å². The van der Waals surface area contributed by atoms with E-state index in [4.69, 9.17) is 10.8 Å². The minimum atomic E-state index is -0.812. The molecule has 0 radical (unpaired) electrons. The topological polar surface area (TPSA) is 63.3 Å². The molecule has 68 valence electrons. The van der Waals surface area contributed by atoms with Crippen molar-refractivity contribution >= 4 is 18.4 Å². The highest BCUT2D eigenvalue weighted by atomic mass is 35.5. The highest BCUT2D eigenvalue weighted by molar-refractivity contribution is 5.85. The van der Waals surface area contributed by atoms with Gasteiger partial charge in [-0.1, -0.05) is 20.3 Å². The standard InChI is InChI=1S/C7H15NO2.ClH/c1-3-5(2)6(8)4-7(9)10;/h5-6H,3-4,8H2,1-2H3,(H,9,10);1H/t5-,6+;/m1./s1. The molecule has 3 nitrogen and oxygen atoms in total. The molecule has 0 heterocycles. The fourth-order valence-corrected chi connectivity index (χ4v) is 0.706. The van der Waals surface area contributed by atoms with Crippen molar-refractivity contribution in [3.8, 4) is 0 Å². The number of rotatable bonds is 4. The van der Waals surface area contributed by atoms with Gasteiger partial charge in [-0.05, 0) is 5.92 Å². The molecule has 0 unspecified atom stereocenters. The Balaban J connectivity index is 0. The van der Waals surface area contributed by atoms with Gasteiger partial charge in [-0.15, -0.1) is 12.4 Å². The van der Waals surface area contributed by atoms with Crippen LogP contribution in [-0.4, -0.2) is 17.1 Å². The van der Waals surface area contributed by atoms with Gasteiger partial charge < -0.3 is 10.8 Å². The second-order valence-electron chi connectivity index (χ2n) is 2.65. The Labute approximate surface area is 73.4 Å². The summed E-state index contributed by atoms with van der Waals surface area (Å²) in [4.78, 5) is 10.2. The molecule has 0 saturated heterocycles. The number of halogens is 1. The van der Waals surface area contributed by atoms with Crippen LogP contribution in [-0.2, 0) is 4.79 Å². The summed E-state index contributed by atoms with van der Waals surface area (Å²) in [5.74, 6) is -0.510. The molecule has 0 aliphatic carbocycles. The Morgan fingerprint density at radius 2 is 2.09 bits per heavy atom. The molecule has 2 atom stereocenters. The number of carboxylic acid groups (broad SMARTS) is 1. The molecule has 0 spiro atoms. The molecule has 0 aromatic carbocycles. The van der Waals surface area contributed by atoms with Gasteiger partial charge >= 0.3 is 5.97 Å². The summed E-state index contributed by atoms with van der Waals surface area (Å²) in [5, 5.41) is 8.35. The van der Waals surface area contributed by atoms with E-state index in [0.717, 1.165) is 6.42 Å². The summed E-state index contributed by atoms with van der Waals surface area (Å²) in [6, 6.07) is -0.192. The summed E-state index contributed by atoms with van der Waals surface area (Å²) < 4.78 is 0. The molecule has 4 heteroatoms. The molecule has 0 aliphatic heterocycles. The fourth-order valence-electron chi connectivity index (χ4n) is 0.706. The van der Waals surface area contributed by atoms with Gasteiger partial charge in [0.15, 0.2) is 0 Å². The van der Waals surface area contributed by atoms with Gasteiger partial charge in [0.2, 0.25) is 0 Å². The van der Waals surface area contributed by atoms with Crippen LogP contribution in [0.3, 0.4) is 0 Å². The van der Waals surface area contributed by atoms with Crippen molar-refractivity contribution in [2.45, 2.75) is 32.7 Å². The van der Waals surface area contributed by atoms with Gasteiger partial charge in [-0.3, -0.25) is 4.79 Å². The first-order valence-electron chi connectivity index (χ1n) is 3.55. The van der Waals surface area contributed by atoms with Gasteiger partial charge in [-0.25, -0.2) is 0 Å². The highest BCUT2D eigenvalue weighted by Gasteiger charge is 2.13. The zero-order chi connectivity index (χ0) is 8.15. The molecule has 0 amide bonds. The smallest absolute Gasteiger partial charge is 0.304 e. The predicted octanol–water partition coefficient (Wildman–Crippen LogP) is 1.26. The van der Waals surface area contributed by atoms with Crippen LogP contribution >= 0.6 is 12.4 Å². The quantitative estimate of drug-likeness (QED) is 0.687. The van der Waals surface area contributed by atoms with Crippen LogP contribution in [0.5, 0.6) is 0 Å². The molecular formula is C7H16ClNO2. The van der Waals surface area contributed by atoms with Crippen LogP contribution in [0.2, 0.25) is 0 Å². The number of aliphatic carboxylic acids is 1. The van der Waals surface area contributed by atoms with Crippen molar-refractivity contribution in [1.82, 2.24) is 0 Å². The lowest BCUT2D eigenvalue weighted by atomic mass is 9.98. The normalized spacial score (nSPS) is 14.8. The number of nitrogens with two attached hydrogens (primary N) is 1. The van der Waals surface area contributed by atoms with E-state index >= 15 is 0 Å². The van der Waals surface area contributed by atoms with Crippen LogP contribution in [0.1, 0.15) is 26.7 Å². The summed E-state index contributed by atoms with van der Waals surface area (Å²) in [5.41, 5.74) is 5.55. The van der Waals surface area contributed by atoms with E-state index < -0.39 is 5.97 Å². The average molecular weight is 182 g/mol. The van der Waals surface area contributed by atoms with Crippen LogP contribution in [0.4, 0.5) is 0 Å². The zero-order valence-electron chi connectivity index (χ0n) is 6.91. The molecule has 0 aliphatic rings. The lowest BCUT2D eigenvalue weighted by Crippen LogP contribution is -2.30. The SMILES string of the molecule is CC[C@@H](C)[C@@H](N)CC(=O)O.Cl. The van der Waals surface area contributed by atoms with E-state index in [0.29, 0.717) is 5.92 Å². The Morgan fingerprint density at radius 1 is 1.64 bits per heavy atom. The molecule has 0 saturated carbocycles. The maximum absolute atomic E-state index is 10.2. The van der Waals surface area contributed by atoms with Crippen molar-refractivity contribution in [2.75, 3.05) is 0 Å². The Morgan fingerprint density at radius 3 is 2.36 bits per heavy atom. The molecule has 11 heavy (non-hydrogen) atoms. The summed E-state index contributed by atoms with van der Waals surface area (Å²) in [6.45, 7) is 3.97. The van der Waals surface area contributed by atoms with Crippen molar-refractivity contribution < 1.29 is 9.90 Å². The Hall–Kier alpha value is -0.280. The highest BCUT2D eigenvalue weighted by Crippen LogP contribution is 2.07. The number of hydrogen-bond donors (Lipinski definition) is 2. The third kappa shape index (κ3) is 6.13. The first kappa shape index (κ1) is 13.3. The molecule has 3 N–H and O–H groups in total. The lowest BCUT2D eigenvalue weighted by molar-refractivity contribution is -0.137. The van der Waals surface area contributed by atoms with E-state index in [1.165, 1.54) is 0 Å². The van der Waals surface area contributed by atoms with Crippen LogP contribution in [0, 0.1) is 5.92 Å². The third-order valence-corrected chi connectivity index (χ3v) is 1.79. The van der Waals surface area contributed by atoms with Crippen molar-refractivity contribution in [3.05, 3.63) is 0 Å². The maximum Gasteiger partial charge on any atom is 0.304 e. The largest absolute Gasteiger partial charge is 0.481 e. The second kappa shape index (κ2) is 6.43. The van der Waals surface area contributed by atoms with Crippen LogP contribution < -0.4 is 5.73 Å². The minimum absolute atomic E-state index is 0. The van der Waals surface area contributed by atoms with Crippen molar-refractivity contribution in [3.63, 3.8) is 0 Å². The van der Waals surface area contributed by atoms with E-state index in [1.807, 2.05) is 13.8 Å². The van der Waals surface area contributed by atoms with Gasteiger partial charge in [-0.2, -0.15) is 0 Å². The van der Waals surface area contributed by atoms with Gasteiger partial charge in [0, 0.05) is 6.04 Å². The first-order chi connectivity index (χ1) is 4.57. The Bertz CT molecular complexity index is 119. The van der Waals surface area contributed by atoms with Gasteiger partial charge in [0.05, 0.1) is 6.42 Å². The first-order valence-corrected chi connectivity index (χ1v) is 3.55. The van der Waals surface area contributed by atoms with E-state index in [9.17, 15) is 4.79 Å². The molecular weight excluding hydrogens is 166 g/mol. The van der Waals surface area contributed by atoms with Crippen molar-refractivity contribution in [1.29, 1.82) is 0 Å². The molecule has 0 aromatic heterocycles. The summed E-state index contributed by atoms with van der Waals surface area (Å²) >= 11 is 0. The predicted molar refractivity (Wildman–Crippen MR) is 46.9 cm³/mol. The third-order valence-electron chi connectivity index (χ3n) is 1.79. The fraction of sp³-hybridized carbons (Fsp3) is 0.857. The average Bonchev–Trinajstić information content (AvgIpc) is 1.85. The number of carbonyl (C=O) groups is 1. The molecule has 0 bridgehead atoms. The van der Waals surface area contributed by atoms with E-state index in [-0.39, 0.29) is 24.9 Å². The lowest BCUT2D eigenvalue weighted by Gasteiger charge is -2.15. The molecule has 0 rings (SSSR count). The number of hydrogen-bond acceptors (Lipinski definition) is 2.